The lowest BCUT2D eigenvalue weighted by Gasteiger charge is -2.34. The highest BCUT2D eigenvalue weighted by molar-refractivity contribution is 5.86. The second-order valence-electron chi connectivity index (χ2n) is 3.81. The quantitative estimate of drug-likeness (QED) is 0.690. The smallest absolute Gasteiger partial charge is 0.240 e. The van der Waals surface area contributed by atoms with Crippen LogP contribution in [0.25, 0.3) is 0 Å². The highest BCUT2D eigenvalue weighted by Crippen LogP contribution is 2.40. The van der Waals surface area contributed by atoms with E-state index in [4.69, 9.17) is 10.4 Å². The van der Waals surface area contributed by atoms with Gasteiger partial charge in [-0.25, -0.2) is 0 Å². The van der Waals surface area contributed by atoms with Gasteiger partial charge in [-0.15, -0.1) is 0 Å². The van der Waals surface area contributed by atoms with Crippen LogP contribution < -0.4 is 5.32 Å². The molecule has 1 saturated carbocycles. The zero-order valence-electron chi connectivity index (χ0n) is 8.42. The molecular formula is C10H16N2O2. The summed E-state index contributed by atoms with van der Waals surface area (Å²) in [4.78, 5) is 11.7. The first kappa shape index (κ1) is 11.0. The van der Waals surface area contributed by atoms with Crippen LogP contribution in [0, 0.1) is 16.7 Å². The molecule has 14 heavy (non-hydrogen) atoms. The van der Waals surface area contributed by atoms with E-state index in [9.17, 15) is 4.79 Å². The topological polar surface area (TPSA) is 73.1 Å². The van der Waals surface area contributed by atoms with Gasteiger partial charge >= 0.3 is 0 Å². The summed E-state index contributed by atoms with van der Waals surface area (Å²) in [6.07, 6.45) is 2.93. The molecule has 4 heteroatoms. The number of nitrogens with one attached hydrogen (secondary N) is 1. The largest absolute Gasteiger partial charge is 0.394 e. The third-order valence-corrected chi connectivity index (χ3v) is 2.90. The van der Waals surface area contributed by atoms with E-state index in [0.717, 1.165) is 6.42 Å². The molecule has 4 nitrogen and oxygen atoms in total. The molecule has 1 aliphatic rings. The molecule has 0 aromatic carbocycles. The first-order valence-corrected chi connectivity index (χ1v) is 5.01. The van der Waals surface area contributed by atoms with Gasteiger partial charge in [0.2, 0.25) is 5.91 Å². The Kier molecular flexibility index (Phi) is 3.48. The lowest BCUT2D eigenvalue weighted by molar-refractivity contribution is -0.132. The molecule has 1 atom stereocenters. The van der Waals surface area contributed by atoms with E-state index in [-0.39, 0.29) is 18.6 Å². The molecule has 0 unspecified atom stereocenters. The highest BCUT2D eigenvalue weighted by Gasteiger charge is 2.44. The molecule has 0 spiro atoms. The van der Waals surface area contributed by atoms with Crippen molar-refractivity contribution in [2.45, 2.75) is 38.6 Å². The molecule has 1 amide bonds. The second kappa shape index (κ2) is 4.43. The molecule has 0 radical (unpaired) electrons. The summed E-state index contributed by atoms with van der Waals surface area (Å²) in [5.41, 5.74) is -0.803. The van der Waals surface area contributed by atoms with Crippen molar-refractivity contribution in [1.82, 2.24) is 5.32 Å². The minimum atomic E-state index is -0.803. The van der Waals surface area contributed by atoms with Crippen LogP contribution in [0.2, 0.25) is 0 Å². The average Bonchev–Trinajstić information content (AvgIpc) is 2.13. The number of aliphatic hydroxyl groups excluding tert-OH is 1. The van der Waals surface area contributed by atoms with Gasteiger partial charge in [0.15, 0.2) is 0 Å². The van der Waals surface area contributed by atoms with Gasteiger partial charge in [-0.2, -0.15) is 5.26 Å². The van der Waals surface area contributed by atoms with Gasteiger partial charge in [0.25, 0.3) is 0 Å². The van der Waals surface area contributed by atoms with Crippen LogP contribution in [0.15, 0.2) is 0 Å². The molecule has 0 saturated heterocycles. The van der Waals surface area contributed by atoms with Gasteiger partial charge in [-0.1, -0.05) is 6.92 Å². The Bertz CT molecular complexity index is 249. The lowest BCUT2D eigenvalue weighted by atomic mass is 9.69. The molecule has 0 aliphatic heterocycles. The molecule has 0 heterocycles. The first-order chi connectivity index (χ1) is 6.68. The van der Waals surface area contributed by atoms with Crippen molar-refractivity contribution in [3.8, 4) is 6.07 Å². The zero-order valence-corrected chi connectivity index (χ0v) is 8.42. The normalized spacial score (nSPS) is 20.4. The summed E-state index contributed by atoms with van der Waals surface area (Å²) >= 11 is 0. The predicted octanol–water partition coefficient (Wildman–Crippen LogP) is 0.567. The fourth-order valence-corrected chi connectivity index (χ4v) is 1.52. The molecule has 1 fully saturated rings. The van der Waals surface area contributed by atoms with Crippen LogP contribution in [0.1, 0.15) is 32.6 Å². The minimum absolute atomic E-state index is 0.0657. The number of nitriles is 1. The molecule has 0 aromatic heterocycles. The van der Waals surface area contributed by atoms with Crippen molar-refractivity contribution in [2.75, 3.05) is 6.61 Å². The Hall–Kier alpha value is -1.08. The number of nitrogens with zero attached hydrogens (tertiary/aromatic N) is 1. The molecule has 78 valence electrons. The Labute approximate surface area is 83.9 Å². The number of amides is 1. The van der Waals surface area contributed by atoms with E-state index in [1.165, 1.54) is 0 Å². The molecule has 0 bridgehead atoms. The highest BCUT2D eigenvalue weighted by atomic mass is 16.3. The van der Waals surface area contributed by atoms with Crippen molar-refractivity contribution in [1.29, 1.82) is 5.26 Å². The average molecular weight is 196 g/mol. The fourth-order valence-electron chi connectivity index (χ4n) is 1.52. The zero-order chi connectivity index (χ0) is 10.6. The standard InChI is InChI=1S/C10H16N2O2/c1-2-8(6-13)12-9(14)10(7-11)4-3-5-10/h8,13H,2-6H2,1H3,(H,12,14)/t8-/m0/s1. The van der Waals surface area contributed by atoms with Gasteiger partial charge in [0.05, 0.1) is 18.7 Å². The maximum Gasteiger partial charge on any atom is 0.240 e. The number of carbonyl (C=O) groups excluding carboxylic acids is 1. The van der Waals surface area contributed by atoms with E-state index in [1.54, 1.807) is 0 Å². The van der Waals surface area contributed by atoms with Crippen LogP contribution in [0.5, 0.6) is 0 Å². The number of aliphatic hydroxyl groups is 1. The van der Waals surface area contributed by atoms with E-state index in [2.05, 4.69) is 11.4 Å². The van der Waals surface area contributed by atoms with E-state index < -0.39 is 5.41 Å². The van der Waals surface area contributed by atoms with Crippen LogP contribution in [0.4, 0.5) is 0 Å². The Morgan fingerprint density at radius 3 is 2.64 bits per heavy atom. The molecular weight excluding hydrogens is 180 g/mol. The third-order valence-electron chi connectivity index (χ3n) is 2.90. The van der Waals surface area contributed by atoms with Crippen molar-refractivity contribution in [3.05, 3.63) is 0 Å². The maximum absolute atomic E-state index is 11.7. The molecule has 2 N–H and O–H groups in total. The first-order valence-electron chi connectivity index (χ1n) is 5.01. The van der Waals surface area contributed by atoms with Gasteiger partial charge < -0.3 is 10.4 Å². The number of rotatable bonds is 4. The second-order valence-corrected chi connectivity index (χ2v) is 3.81. The fraction of sp³-hybridized carbons (Fsp3) is 0.800. The molecule has 1 rings (SSSR count). The maximum atomic E-state index is 11.7. The van der Waals surface area contributed by atoms with E-state index >= 15 is 0 Å². The predicted molar refractivity (Wildman–Crippen MR) is 51.2 cm³/mol. The minimum Gasteiger partial charge on any atom is -0.394 e. The Morgan fingerprint density at radius 2 is 2.36 bits per heavy atom. The van der Waals surface area contributed by atoms with E-state index in [0.29, 0.717) is 19.3 Å². The molecule has 1 aliphatic carbocycles. The summed E-state index contributed by atoms with van der Waals surface area (Å²) in [7, 11) is 0. The van der Waals surface area contributed by atoms with Crippen molar-refractivity contribution >= 4 is 5.91 Å². The van der Waals surface area contributed by atoms with Gasteiger partial charge in [0, 0.05) is 0 Å². The SMILES string of the molecule is CC[C@@H](CO)NC(=O)C1(C#N)CCC1. The number of carbonyl (C=O) groups is 1. The van der Waals surface area contributed by atoms with Crippen molar-refractivity contribution in [3.63, 3.8) is 0 Å². The monoisotopic (exact) mass is 196 g/mol. The van der Waals surface area contributed by atoms with E-state index in [1.807, 2.05) is 6.92 Å². The third kappa shape index (κ3) is 1.88. The van der Waals surface area contributed by atoms with Crippen LogP contribution in [-0.4, -0.2) is 23.7 Å². The summed E-state index contributed by atoms with van der Waals surface area (Å²) in [6, 6.07) is 1.86. The van der Waals surface area contributed by atoms with Crippen LogP contribution >= 0.6 is 0 Å². The van der Waals surface area contributed by atoms with Gasteiger partial charge in [-0.3, -0.25) is 4.79 Å². The Balaban J connectivity index is 2.53. The van der Waals surface area contributed by atoms with Gasteiger partial charge in [0.1, 0.15) is 5.41 Å². The summed E-state index contributed by atoms with van der Waals surface area (Å²) < 4.78 is 0. The van der Waals surface area contributed by atoms with Crippen molar-refractivity contribution < 1.29 is 9.90 Å². The van der Waals surface area contributed by atoms with Gasteiger partial charge in [-0.05, 0) is 25.7 Å². The molecule has 0 aromatic rings. The lowest BCUT2D eigenvalue weighted by Crippen LogP contribution is -2.49. The number of hydrogen-bond donors (Lipinski definition) is 2. The van der Waals surface area contributed by atoms with Crippen LogP contribution in [0.3, 0.4) is 0 Å². The Morgan fingerprint density at radius 1 is 1.71 bits per heavy atom. The van der Waals surface area contributed by atoms with Crippen LogP contribution in [-0.2, 0) is 4.79 Å². The summed E-state index contributed by atoms with van der Waals surface area (Å²) in [5.74, 6) is -0.216. The summed E-state index contributed by atoms with van der Waals surface area (Å²) in [6.45, 7) is 1.82. The number of hydrogen-bond acceptors (Lipinski definition) is 3. The summed E-state index contributed by atoms with van der Waals surface area (Å²) in [5, 5.41) is 20.5. The van der Waals surface area contributed by atoms with Crippen molar-refractivity contribution in [2.24, 2.45) is 5.41 Å².